The fourth-order valence-electron chi connectivity index (χ4n) is 3.53. The molecule has 0 spiro atoms. The molecular weight excluding hydrogens is 522 g/mol. The van der Waals surface area contributed by atoms with Gasteiger partial charge in [0.1, 0.15) is 19.0 Å². The summed E-state index contributed by atoms with van der Waals surface area (Å²) in [6.07, 6.45) is 1.41. The van der Waals surface area contributed by atoms with E-state index in [1.165, 1.54) is 30.5 Å². The Morgan fingerprint density at radius 2 is 1.59 bits per heavy atom. The summed E-state index contributed by atoms with van der Waals surface area (Å²) in [6, 6.07) is 25.6. The van der Waals surface area contributed by atoms with Crippen molar-refractivity contribution in [2.75, 3.05) is 7.11 Å². The highest BCUT2D eigenvalue weighted by Crippen LogP contribution is 2.30. The Kier molecular flexibility index (Phi) is 9.10. The van der Waals surface area contributed by atoms with Crippen molar-refractivity contribution in [2.45, 2.75) is 13.2 Å². The number of hydrogen-bond donors (Lipinski definition) is 1. The van der Waals surface area contributed by atoms with Crippen LogP contribution < -0.4 is 19.6 Å². The number of ether oxygens (including phenoxy) is 3. The second-order valence-electron chi connectivity index (χ2n) is 8.23. The molecule has 9 nitrogen and oxygen atoms in total. The van der Waals surface area contributed by atoms with Gasteiger partial charge in [0.05, 0.1) is 18.2 Å². The molecule has 0 unspecified atom stereocenters. The van der Waals surface area contributed by atoms with Gasteiger partial charge in [0, 0.05) is 28.3 Å². The monoisotopic (exact) mass is 545 g/mol. The third-order valence-electron chi connectivity index (χ3n) is 5.54. The molecule has 0 bridgehead atoms. The molecule has 4 aromatic carbocycles. The van der Waals surface area contributed by atoms with Crippen molar-refractivity contribution in [3.8, 4) is 17.2 Å². The summed E-state index contributed by atoms with van der Waals surface area (Å²) in [5, 5.41) is 15.2. The molecule has 0 fully saturated rings. The average molecular weight is 546 g/mol. The minimum absolute atomic E-state index is 0.109. The predicted octanol–water partition coefficient (Wildman–Crippen LogP) is 6.18. The van der Waals surface area contributed by atoms with E-state index in [0.717, 1.165) is 11.1 Å². The largest absolute Gasteiger partial charge is 0.493 e. The van der Waals surface area contributed by atoms with Crippen LogP contribution in [-0.4, -0.2) is 24.2 Å². The first kappa shape index (κ1) is 27.2. The van der Waals surface area contributed by atoms with E-state index in [2.05, 4.69) is 10.5 Å². The SMILES string of the molecule is COc1cc(COc2ccc(Cl)cc2/C=N/NC(=O)c2ccc([N+](=O)[O-])cc2)ccc1OCc1ccccc1. The second kappa shape index (κ2) is 13.1. The highest BCUT2D eigenvalue weighted by molar-refractivity contribution is 6.30. The molecule has 1 N–H and O–H groups in total. The summed E-state index contributed by atoms with van der Waals surface area (Å²) in [7, 11) is 1.58. The Bertz CT molecular complexity index is 1480. The Morgan fingerprint density at radius 3 is 2.31 bits per heavy atom. The molecule has 0 aliphatic rings. The normalized spacial score (nSPS) is 10.7. The number of methoxy groups -OCH3 is 1. The quantitative estimate of drug-likeness (QED) is 0.137. The number of nitro benzene ring substituents is 1. The van der Waals surface area contributed by atoms with Crippen LogP contribution in [0.1, 0.15) is 27.0 Å². The smallest absolute Gasteiger partial charge is 0.271 e. The zero-order valence-corrected chi connectivity index (χ0v) is 21.6. The minimum Gasteiger partial charge on any atom is -0.493 e. The van der Waals surface area contributed by atoms with Crippen molar-refractivity contribution in [3.05, 3.63) is 128 Å². The first-order valence-electron chi connectivity index (χ1n) is 11.8. The van der Waals surface area contributed by atoms with E-state index in [9.17, 15) is 14.9 Å². The number of rotatable bonds is 11. The van der Waals surface area contributed by atoms with Crippen LogP contribution in [0.2, 0.25) is 5.02 Å². The zero-order valence-electron chi connectivity index (χ0n) is 20.9. The van der Waals surface area contributed by atoms with Crippen LogP contribution in [0.3, 0.4) is 0 Å². The number of non-ortho nitro benzene ring substituents is 1. The lowest BCUT2D eigenvalue weighted by Crippen LogP contribution is -2.17. The van der Waals surface area contributed by atoms with Crippen molar-refractivity contribution in [2.24, 2.45) is 5.10 Å². The number of nitrogens with zero attached hydrogens (tertiary/aromatic N) is 2. The van der Waals surface area contributed by atoms with E-state index in [-0.39, 0.29) is 17.9 Å². The van der Waals surface area contributed by atoms with Gasteiger partial charge in [0.25, 0.3) is 11.6 Å². The number of nitro groups is 1. The first-order valence-corrected chi connectivity index (χ1v) is 12.1. The minimum atomic E-state index is -0.537. The molecule has 198 valence electrons. The molecule has 0 aromatic heterocycles. The van der Waals surface area contributed by atoms with Crippen molar-refractivity contribution in [1.29, 1.82) is 0 Å². The van der Waals surface area contributed by atoms with Gasteiger partial charge in [0.2, 0.25) is 0 Å². The molecule has 1 amide bonds. The van der Waals surface area contributed by atoms with Gasteiger partial charge in [0.15, 0.2) is 11.5 Å². The van der Waals surface area contributed by atoms with Gasteiger partial charge in [-0.25, -0.2) is 5.43 Å². The summed E-state index contributed by atoms with van der Waals surface area (Å²) in [5.41, 5.74) is 4.95. The lowest BCUT2D eigenvalue weighted by molar-refractivity contribution is -0.384. The van der Waals surface area contributed by atoms with E-state index in [1.54, 1.807) is 25.3 Å². The van der Waals surface area contributed by atoms with Gasteiger partial charge in [-0.15, -0.1) is 0 Å². The molecule has 4 aromatic rings. The number of amides is 1. The van der Waals surface area contributed by atoms with Gasteiger partial charge in [-0.3, -0.25) is 14.9 Å². The zero-order chi connectivity index (χ0) is 27.6. The van der Waals surface area contributed by atoms with E-state index in [4.69, 9.17) is 25.8 Å². The number of carbonyl (C=O) groups excluding carboxylic acids is 1. The number of hydrogen-bond acceptors (Lipinski definition) is 7. The van der Waals surface area contributed by atoms with Gasteiger partial charge < -0.3 is 14.2 Å². The van der Waals surface area contributed by atoms with E-state index in [1.807, 2.05) is 48.5 Å². The van der Waals surface area contributed by atoms with Gasteiger partial charge in [-0.05, 0) is 53.6 Å². The Balaban J connectivity index is 1.39. The van der Waals surface area contributed by atoms with E-state index >= 15 is 0 Å². The van der Waals surface area contributed by atoms with Gasteiger partial charge in [-0.1, -0.05) is 48.0 Å². The molecule has 0 atom stereocenters. The molecule has 10 heteroatoms. The first-order chi connectivity index (χ1) is 18.9. The molecule has 0 saturated carbocycles. The summed E-state index contributed by atoms with van der Waals surface area (Å²) < 4.78 is 17.4. The third-order valence-corrected chi connectivity index (χ3v) is 5.78. The Labute approximate surface area is 229 Å². The second-order valence-corrected chi connectivity index (χ2v) is 8.67. The maximum absolute atomic E-state index is 12.3. The van der Waals surface area contributed by atoms with Crippen LogP contribution in [0.25, 0.3) is 0 Å². The standard InChI is InChI=1S/C29H24ClN3O6/c1-37-28-15-21(7-13-27(28)39-18-20-5-3-2-4-6-20)19-38-26-14-10-24(30)16-23(26)17-31-32-29(34)22-8-11-25(12-9-22)33(35)36/h2-17H,18-19H2,1H3,(H,32,34)/b31-17+. The van der Waals surface area contributed by atoms with Crippen LogP contribution in [-0.2, 0) is 13.2 Å². The lowest BCUT2D eigenvalue weighted by atomic mass is 10.2. The molecule has 0 saturated heterocycles. The fourth-order valence-corrected chi connectivity index (χ4v) is 3.71. The number of halogens is 1. The number of benzene rings is 4. The molecule has 39 heavy (non-hydrogen) atoms. The Hall–Kier alpha value is -4.89. The summed E-state index contributed by atoms with van der Waals surface area (Å²) in [6.45, 7) is 0.647. The summed E-state index contributed by atoms with van der Waals surface area (Å²) in [5.74, 6) is 1.18. The topological polar surface area (TPSA) is 112 Å². The van der Waals surface area contributed by atoms with E-state index < -0.39 is 10.8 Å². The molecule has 0 heterocycles. The number of nitrogens with one attached hydrogen (secondary N) is 1. The molecule has 0 aliphatic heterocycles. The van der Waals surface area contributed by atoms with Gasteiger partial charge >= 0.3 is 0 Å². The maximum atomic E-state index is 12.3. The number of carbonyl (C=O) groups is 1. The van der Waals surface area contributed by atoms with Crippen molar-refractivity contribution < 1.29 is 23.9 Å². The Morgan fingerprint density at radius 1 is 0.897 bits per heavy atom. The van der Waals surface area contributed by atoms with Crippen molar-refractivity contribution in [3.63, 3.8) is 0 Å². The molecular formula is C29H24ClN3O6. The third kappa shape index (κ3) is 7.56. The molecule has 0 aliphatic carbocycles. The average Bonchev–Trinajstić information content (AvgIpc) is 2.96. The van der Waals surface area contributed by atoms with Crippen LogP contribution >= 0.6 is 11.6 Å². The van der Waals surface area contributed by atoms with Crippen LogP contribution in [0.4, 0.5) is 5.69 Å². The lowest BCUT2D eigenvalue weighted by Gasteiger charge is -2.14. The molecule has 4 rings (SSSR count). The van der Waals surface area contributed by atoms with Gasteiger partial charge in [-0.2, -0.15) is 5.10 Å². The van der Waals surface area contributed by atoms with Crippen LogP contribution in [0.15, 0.2) is 96.1 Å². The van der Waals surface area contributed by atoms with E-state index in [0.29, 0.717) is 34.4 Å². The highest BCUT2D eigenvalue weighted by atomic mass is 35.5. The summed E-state index contributed by atoms with van der Waals surface area (Å²) >= 11 is 6.15. The fraction of sp³-hybridized carbons (Fsp3) is 0.103. The number of hydrazone groups is 1. The highest BCUT2D eigenvalue weighted by Gasteiger charge is 2.11. The predicted molar refractivity (Wildman–Crippen MR) is 148 cm³/mol. The maximum Gasteiger partial charge on any atom is 0.271 e. The van der Waals surface area contributed by atoms with Crippen LogP contribution in [0, 0.1) is 10.1 Å². The van der Waals surface area contributed by atoms with Crippen molar-refractivity contribution in [1.82, 2.24) is 5.43 Å². The van der Waals surface area contributed by atoms with Crippen molar-refractivity contribution >= 4 is 29.4 Å². The summed E-state index contributed by atoms with van der Waals surface area (Å²) in [4.78, 5) is 22.6. The molecule has 0 radical (unpaired) electrons. The van der Waals surface area contributed by atoms with Crippen LogP contribution in [0.5, 0.6) is 17.2 Å².